The second-order valence-corrected chi connectivity index (χ2v) is 7.90. The lowest BCUT2D eigenvalue weighted by atomic mass is 9.99. The summed E-state index contributed by atoms with van der Waals surface area (Å²) in [5.74, 6) is 2.06. The minimum Gasteiger partial charge on any atom is -0.495 e. The molecule has 4 N–H and O–H groups in total. The van der Waals surface area contributed by atoms with Gasteiger partial charge in [0.15, 0.2) is 17.5 Å². The molecular formula is C24H31N4O5+. The average molecular weight is 456 g/mol. The van der Waals surface area contributed by atoms with Gasteiger partial charge in [-0.1, -0.05) is 19.9 Å². The summed E-state index contributed by atoms with van der Waals surface area (Å²) in [7, 11) is 6.26. The molecular weight excluding hydrogens is 424 g/mol. The number of azo groups is 1. The van der Waals surface area contributed by atoms with Crippen LogP contribution in [0.3, 0.4) is 0 Å². The molecule has 0 aliphatic carbocycles. The zero-order valence-corrected chi connectivity index (χ0v) is 19.9. The molecule has 0 bridgehead atoms. The van der Waals surface area contributed by atoms with Crippen molar-refractivity contribution in [1.82, 2.24) is 0 Å². The van der Waals surface area contributed by atoms with Gasteiger partial charge in [0.2, 0.25) is 5.75 Å². The van der Waals surface area contributed by atoms with Gasteiger partial charge in [-0.3, -0.25) is 4.79 Å². The lowest BCUT2D eigenvalue weighted by Gasteiger charge is -2.16. The first-order valence-corrected chi connectivity index (χ1v) is 10.6. The molecule has 1 amide bonds. The Morgan fingerprint density at radius 1 is 0.939 bits per heavy atom. The molecule has 0 fully saturated rings. The number of anilines is 1. The second-order valence-electron chi connectivity index (χ2n) is 7.90. The third kappa shape index (κ3) is 4.93. The van der Waals surface area contributed by atoms with E-state index in [2.05, 4.69) is 21.3 Å². The Morgan fingerprint density at radius 3 is 2.12 bits per heavy atom. The van der Waals surface area contributed by atoms with Crippen molar-refractivity contribution in [2.45, 2.75) is 19.9 Å². The molecule has 1 aliphatic rings. The second kappa shape index (κ2) is 10.4. The van der Waals surface area contributed by atoms with Gasteiger partial charge in [0, 0.05) is 17.1 Å². The summed E-state index contributed by atoms with van der Waals surface area (Å²) in [5.41, 5.74) is 7.76. The number of carbonyl (C=O) groups excluding carboxylic acids is 1. The van der Waals surface area contributed by atoms with Crippen molar-refractivity contribution in [2.24, 2.45) is 16.1 Å². The normalized spacial score (nSPS) is 13.8. The molecule has 3 rings (SSSR count). The van der Waals surface area contributed by atoms with Crippen LogP contribution in [0.5, 0.6) is 23.0 Å². The van der Waals surface area contributed by atoms with Gasteiger partial charge >= 0.3 is 0 Å². The van der Waals surface area contributed by atoms with Crippen LogP contribution in [0.1, 0.15) is 25.0 Å². The van der Waals surface area contributed by atoms with E-state index < -0.39 is 0 Å². The summed E-state index contributed by atoms with van der Waals surface area (Å²) in [6.07, 6.45) is 0. The van der Waals surface area contributed by atoms with Crippen molar-refractivity contribution >= 4 is 22.9 Å². The molecule has 1 atom stereocenters. The van der Waals surface area contributed by atoms with Crippen molar-refractivity contribution in [1.29, 1.82) is 0 Å². The smallest absolute Gasteiger partial charge is 0.282 e. The molecule has 1 unspecified atom stereocenters. The Balaban J connectivity index is 2.06. The van der Waals surface area contributed by atoms with Crippen molar-refractivity contribution in [3.63, 3.8) is 0 Å². The summed E-state index contributed by atoms with van der Waals surface area (Å²) in [4.78, 5) is 12.6. The predicted molar refractivity (Wildman–Crippen MR) is 126 cm³/mol. The van der Waals surface area contributed by atoms with Gasteiger partial charge in [0.25, 0.3) is 5.91 Å². The van der Waals surface area contributed by atoms with Crippen molar-refractivity contribution in [3.05, 3.63) is 41.5 Å². The maximum atomic E-state index is 12.6. The van der Waals surface area contributed by atoms with Crippen LogP contribution in [-0.4, -0.2) is 46.9 Å². The van der Waals surface area contributed by atoms with E-state index in [1.165, 1.54) is 0 Å². The van der Waals surface area contributed by atoms with Crippen LogP contribution in [0.2, 0.25) is 0 Å². The number of amides is 1. The van der Waals surface area contributed by atoms with E-state index in [-0.39, 0.29) is 17.9 Å². The number of hydrogen-bond donors (Lipinski definition) is 2. The third-order valence-electron chi connectivity index (χ3n) is 5.57. The highest BCUT2D eigenvalue weighted by atomic mass is 16.5. The lowest BCUT2D eigenvalue weighted by Crippen LogP contribution is -2.68. The van der Waals surface area contributed by atoms with Crippen LogP contribution in [0.25, 0.3) is 11.3 Å². The average Bonchev–Trinajstić information content (AvgIpc) is 3.32. The molecule has 0 saturated heterocycles. The number of hydrogen-bond acceptors (Lipinski definition) is 7. The first kappa shape index (κ1) is 24.1. The van der Waals surface area contributed by atoms with Gasteiger partial charge in [-0.15, -0.1) is 0 Å². The Hall–Kier alpha value is -3.59. The molecule has 2 aromatic rings. The number of quaternary nitrogens is 1. The Kier molecular flexibility index (Phi) is 7.55. The molecule has 1 heterocycles. The molecule has 1 aliphatic heterocycles. The highest BCUT2D eigenvalue weighted by Crippen LogP contribution is 2.43. The van der Waals surface area contributed by atoms with Gasteiger partial charge < -0.3 is 30.0 Å². The molecule has 0 aromatic heterocycles. The fourth-order valence-electron chi connectivity index (χ4n) is 3.51. The Labute approximate surface area is 193 Å². The maximum Gasteiger partial charge on any atom is 0.282 e. The van der Waals surface area contributed by atoms with E-state index in [0.717, 1.165) is 16.7 Å². The zero-order valence-electron chi connectivity index (χ0n) is 19.9. The number of nitrogens with zero attached hydrogens (tertiary/aromatic N) is 2. The number of benzene rings is 2. The van der Waals surface area contributed by atoms with Gasteiger partial charge in [0.1, 0.15) is 5.75 Å². The summed E-state index contributed by atoms with van der Waals surface area (Å²) in [6, 6.07) is 8.89. The van der Waals surface area contributed by atoms with E-state index in [9.17, 15) is 4.79 Å². The molecule has 9 heteroatoms. The minimum absolute atomic E-state index is 0.112. The highest BCUT2D eigenvalue weighted by molar-refractivity contribution is 5.98. The molecule has 9 nitrogen and oxygen atoms in total. The molecule has 0 spiro atoms. The lowest BCUT2D eigenvalue weighted by molar-refractivity contribution is -0.412. The van der Waals surface area contributed by atoms with E-state index in [4.69, 9.17) is 18.9 Å². The summed E-state index contributed by atoms with van der Waals surface area (Å²) < 4.78 is 21.8. The standard InChI is InChI=1S/C24H30N4O5/c1-13(2)21(25)24(29)27-17-9-14(7-8-18(17)30-3)16-12-26-28-22(16)15-10-19(31-4)23(33-6)20(11-15)32-5/h7-11,13,21H,12,25H2,1-6H3,(H,27,29)/p+1. The van der Waals surface area contributed by atoms with Crippen LogP contribution < -0.4 is 30.0 Å². The van der Waals surface area contributed by atoms with Crippen molar-refractivity contribution < 1.29 is 29.5 Å². The van der Waals surface area contributed by atoms with Crippen molar-refractivity contribution in [3.8, 4) is 23.0 Å². The predicted octanol–water partition coefficient (Wildman–Crippen LogP) is 3.26. The monoisotopic (exact) mass is 455 g/mol. The highest BCUT2D eigenvalue weighted by Gasteiger charge is 2.24. The number of methoxy groups -OCH3 is 4. The van der Waals surface area contributed by atoms with Gasteiger partial charge in [-0.2, -0.15) is 10.2 Å². The summed E-state index contributed by atoms with van der Waals surface area (Å²) in [6.45, 7) is 4.32. The number of ether oxygens (including phenoxy) is 4. The molecule has 33 heavy (non-hydrogen) atoms. The minimum atomic E-state index is -0.385. The van der Waals surface area contributed by atoms with E-state index >= 15 is 0 Å². The summed E-state index contributed by atoms with van der Waals surface area (Å²) >= 11 is 0. The fourth-order valence-corrected chi connectivity index (χ4v) is 3.51. The fraction of sp³-hybridized carbons (Fsp3) is 0.375. The van der Waals surface area contributed by atoms with Crippen LogP contribution in [0.4, 0.5) is 5.69 Å². The SMILES string of the molecule is COc1ccc(C2=C(c3cc(OC)c(OC)c(OC)c3)N=NC2)cc1NC(=O)C([NH3+])C(C)C. The first-order valence-electron chi connectivity index (χ1n) is 10.6. The number of nitrogens with one attached hydrogen (secondary N) is 1. The quantitative estimate of drug-likeness (QED) is 0.602. The van der Waals surface area contributed by atoms with Gasteiger partial charge in [-0.25, -0.2) is 0 Å². The largest absolute Gasteiger partial charge is 0.495 e. The molecule has 0 saturated carbocycles. The first-order chi connectivity index (χ1) is 15.8. The third-order valence-corrected chi connectivity index (χ3v) is 5.57. The van der Waals surface area contributed by atoms with E-state index in [1.807, 2.05) is 44.2 Å². The van der Waals surface area contributed by atoms with Crippen LogP contribution >= 0.6 is 0 Å². The van der Waals surface area contributed by atoms with Gasteiger partial charge in [0.05, 0.1) is 46.4 Å². The van der Waals surface area contributed by atoms with Crippen LogP contribution in [0.15, 0.2) is 40.6 Å². The van der Waals surface area contributed by atoms with Crippen molar-refractivity contribution in [2.75, 3.05) is 40.3 Å². The molecule has 0 radical (unpaired) electrons. The number of rotatable bonds is 9. The summed E-state index contributed by atoms with van der Waals surface area (Å²) in [5, 5.41) is 11.6. The molecule has 2 aromatic carbocycles. The number of carbonyl (C=O) groups is 1. The maximum absolute atomic E-state index is 12.6. The Morgan fingerprint density at radius 2 is 1.58 bits per heavy atom. The van der Waals surface area contributed by atoms with Crippen LogP contribution in [0, 0.1) is 5.92 Å². The van der Waals surface area contributed by atoms with Crippen LogP contribution in [-0.2, 0) is 4.79 Å². The van der Waals surface area contributed by atoms with Gasteiger partial charge in [-0.05, 0) is 29.8 Å². The van der Waals surface area contributed by atoms with E-state index in [0.29, 0.717) is 40.9 Å². The van der Waals surface area contributed by atoms with E-state index in [1.54, 1.807) is 28.4 Å². The zero-order chi connectivity index (χ0) is 24.1. The molecule has 176 valence electrons. The Bertz CT molecular complexity index is 1070. The topological polar surface area (TPSA) is 118 Å².